The van der Waals surface area contributed by atoms with Crippen LogP contribution in [-0.2, 0) is 4.84 Å². The zero-order chi connectivity index (χ0) is 7.19. The van der Waals surface area contributed by atoms with Crippen molar-refractivity contribution in [2.24, 2.45) is 5.41 Å². The van der Waals surface area contributed by atoms with Crippen molar-refractivity contribution in [3.8, 4) is 0 Å². The maximum absolute atomic E-state index is 5.52. The topological polar surface area (TPSA) is 12.5 Å². The number of nitrogens with zero attached hydrogens (tertiary/aromatic N) is 1. The molecule has 58 valence electrons. The van der Waals surface area contributed by atoms with E-state index in [2.05, 4.69) is 6.92 Å². The van der Waals surface area contributed by atoms with E-state index < -0.39 is 0 Å². The van der Waals surface area contributed by atoms with Crippen LogP contribution in [0.3, 0.4) is 0 Å². The third-order valence-electron chi connectivity index (χ3n) is 2.71. The third-order valence-corrected chi connectivity index (χ3v) is 2.71. The standard InChI is InChI=1S/C8H15NO/c1-3-4-8-5-7(8)10-9(2)6-8/h7H,3-6H2,1-2H3. The molecule has 1 aliphatic carbocycles. The highest BCUT2D eigenvalue weighted by molar-refractivity contribution is 5.07. The second-order valence-corrected chi connectivity index (χ2v) is 3.70. The molecule has 2 atom stereocenters. The predicted molar refractivity (Wildman–Crippen MR) is 39.5 cm³/mol. The van der Waals surface area contributed by atoms with Crippen LogP contribution in [0.1, 0.15) is 26.2 Å². The summed E-state index contributed by atoms with van der Waals surface area (Å²) >= 11 is 0. The molecule has 2 unspecified atom stereocenters. The first kappa shape index (κ1) is 6.62. The van der Waals surface area contributed by atoms with Gasteiger partial charge in [0, 0.05) is 19.0 Å². The van der Waals surface area contributed by atoms with Crippen LogP contribution in [0.15, 0.2) is 0 Å². The van der Waals surface area contributed by atoms with Crippen molar-refractivity contribution in [1.82, 2.24) is 5.06 Å². The molecule has 0 aromatic heterocycles. The minimum Gasteiger partial charge on any atom is -0.295 e. The van der Waals surface area contributed by atoms with Crippen LogP contribution in [0.25, 0.3) is 0 Å². The van der Waals surface area contributed by atoms with Crippen molar-refractivity contribution in [1.29, 1.82) is 0 Å². The average molecular weight is 141 g/mol. The van der Waals surface area contributed by atoms with Crippen molar-refractivity contribution < 1.29 is 4.84 Å². The van der Waals surface area contributed by atoms with Crippen molar-refractivity contribution in [2.45, 2.75) is 32.3 Å². The van der Waals surface area contributed by atoms with E-state index in [0.29, 0.717) is 11.5 Å². The summed E-state index contributed by atoms with van der Waals surface area (Å²) in [6, 6.07) is 0. The number of hydrogen-bond acceptors (Lipinski definition) is 2. The van der Waals surface area contributed by atoms with Crippen LogP contribution in [-0.4, -0.2) is 24.8 Å². The van der Waals surface area contributed by atoms with E-state index in [0.717, 1.165) is 6.54 Å². The van der Waals surface area contributed by atoms with Crippen LogP contribution < -0.4 is 0 Å². The third kappa shape index (κ3) is 0.789. The predicted octanol–water partition coefficient (Wildman–Crippen LogP) is 1.42. The second kappa shape index (κ2) is 1.95. The zero-order valence-electron chi connectivity index (χ0n) is 6.76. The summed E-state index contributed by atoms with van der Waals surface area (Å²) < 4.78 is 0. The first-order valence-electron chi connectivity index (χ1n) is 4.15. The van der Waals surface area contributed by atoms with Crippen molar-refractivity contribution >= 4 is 0 Å². The Morgan fingerprint density at radius 2 is 2.50 bits per heavy atom. The molecule has 1 aliphatic heterocycles. The van der Waals surface area contributed by atoms with Crippen molar-refractivity contribution in [3.05, 3.63) is 0 Å². The van der Waals surface area contributed by atoms with Gasteiger partial charge >= 0.3 is 0 Å². The number of rotatable bonds is 2. The van der Waals surface area contributed by atoms with E-state index >= 15 is 0 Å². The first-order valence-corrected chi connectivity index (χ1v) is 4.15. The van der Waals surface area contributed by atoms with Gasteiger partial charge < -0.3 is 0 Å². The fourth-order valence-corrected chi connectivity index (χ4v) is 2.16. The Morgan fingerprint density at radius 3 is 3.00 bits per heavy atom. The summed E-state index contributed by atoms with van der Waals surface area (Å²) in [7, 11) is 2.03. The van der Waals surface area contributed by atoms with E-state index in [1.807, 2.05) is 12.1 Å². The highest BCUT2D eigenvalue weighted by atomic mass is 16.7. The maximum atomic E-state index is 5.52. The fraction of sp³-hybridized carbons (Fsp3) is 1.00. The summed E-state index contributed by atoms with van der Waals surface area (Å²) in [5.41, 5.74) is 0.587. The van der Waals surface area contributed by atoms with Crippen LogP contribution in [0, 0.1) is 5.41 Å². The number of fused-ring (bicyclic) bond motifs is 1. The summed E-state index contributed by atoms with van der Waals surface area (Å²) in [4.78, 5) is 5.52. The molecule has 2 aliphatic rings. The normalized spacial score (nSPS) is 45.6. The molecule has 10 heavy (non-hydrogen) atoms. The molecule has 0 spiro atoms. The highest BCUT2D eigenvalue weighted by Crippen LogP contribution is 2.56. The molecular formula is C8H15NO. The summed E-state index contributed by atoms with van der Waals surface area (Å²) in [5.74, 6) is 0. The second-order valence-electron chi connectivity index (χ2n) is 3.70. The molecule has 0 radical (unpaired) electrons. The van der Waals surface area contributed by atoms with Crippen LogP contribution in [0.2, 0.25) is 0 Å². The van der Waals surface area contributed by atoms with Gasteiger partial charge in [-0.05, 0) is 12.8 Å². The highest BCUT2D eigenvalue weighted by Gasteiger charge is 2.60. The van der Waals surface area contributed by atoms with Gasteiger partial charge in [0.15, 0.2) is 0 Å². The zero-order valence-corrected chi connectivity index (χ0v) is 6.76. The minimum absolute atomic E-state index is 0.581. The van der Waals surface area contributed by atoms with Crippen molar-refractivity contribution in [3.63, 3.8) is 0 Å². The van der Waals surface area contributed by atoms with Gasteiger partial charge in [-0.3, -0.25) is 4.84 Å². The molecule has 1 saturated heterocycles. The first-order chi connectivity index (χ1) is 4.77. The molecule has 0 aromatic rings. The number of hydroxylamine groups is 2. The van der Waals surface area contributed by atoms with Crippen molar-refractivity contribution in [2.75, 3.05) is 13.6 Å². The monoisotopic (exact) mass is 141 g/mol. The molecule has 2 rings (SSSR count). The van der Waals surface area contributed by atoms with Gasteiger partial charge in [-0.25, -0.2) is 0 Å². The Hall–Kier alpha value is -0.0800. The summed E-state index contributed by atoms with van der Waals surface area (Å²) in [5, 5.41) is 1.99. The Labute approximate surface area is 62.1 Å². The molecule has 0 N–H and O–H groups in total. The smallest absolute Gasteiger partial charge is 0.0870 e. The molecular weight excluding hydrogens is 126 g/mol. The largest absolute Gasteiger partial charge is 0.295 e. The molecule has 1 heterocycles. The average Bonchev–Trinajstić information content (AvgIpc) is 2.36. The van der Waals surface area contributed by atoms with Gasteiger partial charge in [0.1, 0.15) is 0 Å². The number of hydrogen-bond donors (Lipinski definition) is 0. The van der Waals surface area contributed by atoms with Gasteiger partial charge in [0.25, 0.3) is 0 Å². The summed E-state index contributed by atoms with van der Waals surface area (Å²) in [6.07, 6.45) is 4.54. The lowest BCUT2D eigenvalue weighted by Gasteiger charge is -2.12. The molecule has 0 amide bonds. The summed E-state index contributed by atoms with van der Waals surface area (Å²) in [6.45, 7) is 3.41. The van der Waals surface area contributed by atoms with E-state index in [9.17, 15) is 0 Å². The lowest BCUT2D eigenvalue weighted by Crippen LogP contribution is -2.18. The van der Waals surface area contributed by atoms with Gasteiger partial charge in [0.2, 0.25) is 0 Å². The Morgan fingerprint density at radius 1 is 1.70 bits per heavy atom. The molecule has 2 heteroatoms. The molecule has 0 bridgehead atoms. The molecule has 2 nitrogen and oxygen atoms in total. The molecule has 2 fully saturated rings. The van der Waals surface area contributed by atoms with E-state index in [-0.39, 0.29) is 0 Å². The van der Waals surface area contributed by atoms with Gasteiger partial charge in [0.05, 0.1) is 6.10 Å². The van der Waals surface area contributed by atoms with E-state index in [1.165, 1.54) is 19.3 Å². The van der Waals surface area contributed by atoms with Crippen LogP contribution in [0.5, 0.6) is 0 Å². The van der Waals surface area contributed by atoms with E-state index in [1.54, 1.807) is 0 Å². The lowest BCUT2D eigenvalue weighted by atomic mass is 10.0. The van der Waals surface area contributed by atoms with Crippen LogP contribution >= 0.6 is 0 Å². The van der Waals surface area contributed by atoms with Crippen LogP contribution in [0.4, 0.5) is 0 Å². The molecule has 0 aromatic carbocycles. The molecule has 1 saturated carbocycles. The lowest BCUT2D eigenvalue weighted by molar-refractivity contribution is -0.115. The van der Waals surface area contributed by atoms with Gasteiger partial charge in [-0.1, -0.05) is 13.3 Å². The minimum atomic E-state index is 0.581. The fourth-order valence-electron chi connectivity index (χ4n) is 2.16. The Kier molecular flexibility index (Phi) is 1.29. The van der Waals surface area contributed by atoms with Gasteiger partial charge in [-0.2, -0.15) is 5.06 Å². The SMILES string of the molecule is CCCC12CC1ON(C)C2. The Balaban J connectivity index is 1.95. The maximum Gasteiger partial charge on any atom is 0.0870 e. The Bertz CT molecular complexity index is 148. The van der Waals surface area contributed by atoms with Gasteiger partial charge in [-0.15, -0.1) is 0 Å². The van der Waals surface area contributed by atoms with E-state index in [4.69, 9.17) is 4.84 Å². The quantitative estimate of drug-likeness (QED) is 0.576.